The number of aromatic nitrogens is 2. The molecule has 0 amide bonds. The summed E-state index contributed by atoms with van der Waals surface area (Å²) in [6.45, 7) is 6.18. The molecule has 0 N–H and O–H groups in total. The molecule has 2 fully saturated rings. The molecule has 2 saturated heterocycles. The Balaban J connectivity index is 1.47. The van der Waals surface area contributed by atoms with Crippen LogP contribution >= 0.6 is 0 Å². The summed E-state index contributed by atoms with van der Waals surface area (Å²) in [6, 6.07) is 12.0. The molecule has 4 rings (SSSR count). The Morgan fingerprint density at radius 1 is 1.15 bits per heavy atom. The lowest BCUT2D eigenvalue weighted by Gasteiger charge is -2.31. The minimum Gasteiger partial charge on any atom is -0.379 e. The van der Waals surface area contributed by atoms with Crippen molar-refractivity contribution in [1.82, 2.24) is 14.9 Å². The van der Waals surface area contributed by atoms with Crippen molar-refractivity contribution in [2.45, 2.75) is 13.0 Å². The average molecular weight is 349 g/mol. The number of hydrogen-bond donors (Lipinski definition) is 0. The van der Waals surface area contributed by atoms with Gasteiger partial charge in [-0.3, -0.25) is 4.90 Å². The van der Waals surface area contributed by atoms with Gasteiger partial charge in [0.05, 0.1) is 24.8 Å². The van der Waals surface area contributed by atoms with Gasteiger partial charge in [-0.1, -0.05) is 12.1 Å². The van der Waals surface area contributed by atoms with E-state index in [1.54, 1.807) is 12.4 Å². The number of rotatable bonds is 3. The van der Waals surface area contributed by atoms with Crippen LogP contribution in [-0.2, 0) is 11.3 Å². The van der Waals surface area contributed by atoms with Gasteiger partial charge in [-0.15, -0.1) is 0 Å². The highest BCUT2D eigenvalue weighted by atomic mass is 16.5. The number of nitriles is 1. The lowest BCUT2D eigenvalue weighted by molar-refractivity contribution is 0.0798. The maximum atomic E-state index is 9.12. The molecule has 26 heavy (non-hydrogen) atoms. The van der Waals surface area contributed by atoms with Gasteiger partial charge in [-0.05, 0) is 30.2 Å². The summed E-state index contributed by atoms with van der Waals surface area (Å²) in [5.74, 6) is 0.807. The largest absolute Gasteiger partial charge is 0.379 e. The van der Waals surface area contributed by atoms with Crippen LogP contribution < -0.4 is 4.90 Å². The molecular formula is C20H23N5O. The maximum absolute atomic E-state index is 9.12. The minimum atomic E-state index is 0.114. The zero-order valence-corrected chi connectivity index (χ0v) is 14.8. The Morgan fingerprint density at radius 2 is 2.04 bits per heavy atom. The predicted molar refractivity (Wildman–Crippen MR) is 98.5 cm³/mol. The number of hydrogen-bond acceptors (Lipinski definition) is 6. The molecule has 0 saturated carbocycles. The third-order valence-electron chi connectivity index (χ3n) is 5.25. The molecule has 1 aromatic carbocycles. The molecule has 0 bridgehead atoms. The fraction of sp³-hybridized carbons (Fsp3) is 0.450. The third kappa shape index (κ3) is 3.69. The van der Waals surface area contributed by atoms with Crippen LogP contribution in [0.25, 0.3) is 0 Å². The van der Waals surface area contributed by atoms with Crippen LogP contribution in [0.5, 0.6) is 0 Å². The van der Waals surface area contributed by atoms with E-state index in [-0.39, 0.29) is 5.41 Å². The maximum Gasteiger partial charge on any atom is 0.225 e. The Bertz CT molecular complexity index is 790. The fourth-order valence-corrected chi connectivity index (χ4v) is 4.02. The van der Waals surface area contributed by atoms with Crippen molar-refractivity contribution in [2.75, 3.05) is 44.3 Å². The van der Waals surface area contributed by atoms with Crippen molar-refractivity contribution in [3.05, 3.63) is 53.9 Å². The lowest BCUT2D eigenvalue weighted by atomic mass is 9.87. The van der Waals surface area contributed by atoms with Crippen molar-refractivity contribution >= 4 is 5.95 Å². The van der Waals surface area contributed by atoms with Crippen LogP contribution in [0, 0.1) is 16.7 Å². The van der Waals surface area contributed by atoms with Crippen LogP contribution in [0.3, 0.4) is 0 Å². The summed E-state index contributed by atoms with van der Waals surface area (Å²) in [7, 11) is 0. The quantitative estimate of drug-likeness (QED) is 0.845. The van der Waals surface area contributed by atoms with Gasteiger partial charge in [0.15, 0.2) is 0 Å². The van der Waals surface area contributed by atoms with Gasteiger partial charge >= 0.3 is 0 Å². The normalized spacial score (nSPS) is 23.7. The van der Waals surface area contributed by atoms with Gasteiger partial charge in [0, 0.05) is 50.5 Å². The highest BCUT2D eigenvalue weighted by Gasteiger charge is 2.41. The summed E-state index contributed by atoms with van der Waals surface area (Å²) in [5.41, 5.74) is 2.02. The van der Waals surface area contributed by atoms with Crippen LogP contribution in [-0.4, -0.2) is 54.3 Å². The van der Waals surface area contributed by atoms with E-state index in [9.17, 15) is 0 Å². The standard InChI is InChI=1S/C20H23N5O/c21-12-17-3-1-4-18(11-17)13-24-9-10-26-16-20(14-24)5-8-25(15-20)19-22-6-2-7-23-19/h1-4,6-7,11H,5,8-10,13-16H2/t20-/m0/s1. The molecule has 0 aliphatic carbocycles. The van der Waals surface area contributed by atoms with Crippen molar-refractivity contribution in [1.29, 1.82) is 5.26 Å². The van der Waals surface area contributed by atoms with Crippen LogP contribution in [0.2, 0.25) is 0 Å². The molecule has 1 aromatic heterocycles. The first-order valence-corrected chi connectivity index (χ1v) is 9.08. The Hall–Kier alpha value is -2.49. The average Bonchev–Trinajstić information content (AvgIpc) is 2.99. The molecular weight excluding hydrogens is 326 g/mol. The Labute approximate surface area is 154 Å². The second-order valence-corrected chi connectivity index (χ2v) is 7.30. The molecule has 0 unspecified atom stereocenters. The number of nitrogens with zero attached hydrogens (tertiary/aromatic N) is 5. The van der Waals surface area contributed by atoms with Crippen molar-refractivity contribution in [2.24, 2.45) is 5.41 Å². The van der Waals surface area contributed by atoms with Crippen molar-refractivity contribution in [3.63, 3.8) is 0 Å². The molecule has 6 heteroatoms. The Morgan fingerprint density at radius 3 is 2.88 bits per heavy atom. The topological polar surface area (TPSA) is 65.3 Å². The molecule has 134 valence electrons. The number of anilines is 1. The lowest BCUT2D eigenvalue weighted by Crippen LogP contribution is -2.40. The zero-order valence-electron chi connectivity index (χ0n) is 14.8. The molecule has 6 nitrogen and oxygen atoms in total. The first-order valence-electron chi connectivity index (χ1n) is 9.08. The van der Waals surface area contributed by atoms with Crippen LogP contribution in [0.15, 0.2) is 42.7 Å². The second kappa shape index (κ2) is 7.40. The van der Waals surface area contributed by atoms with Crippen LogP contribution in [0.1, 0.15) is 17.5 Å². The summed E-state index contributed by atoms with van der Waals surface area (Å²) in [4.78, 5) is 13.5. The monoisotopic (exact) mass is 349 g/mol. The number of ether oxygens (including phenoxy) is 1. The first kappa shape index (κ1) is 17.0. The highest BCUT2D eigenvalue weighted by molar-refractivity contribution is 5.33. The van der Waals surface area contributed by atoms with E-state index in [0.717, 1.165) is 63.9 Å². The molecule has 2 aromatic rings. The van der Waals surface area contributed by atoms with Gasteiger partial charge in [-0.2, -0.15) is 5.26 Å². The summed E-state index contributed by atoms with van der Waals surface area (Å²) < 4.78 is 5.97. The SMILES string of the molecule is N#Cc1cccc(CN2CCOC[C@@]3(CCN(c4ncccn4)C3)C2)c1. The molecule has 3 heterocycles. The molecule has 0 radical (unpaired) electrons. The van der Waals surface area contributed by atoms with Gasteiger partial charge in [0.25, 0.3) is 0 Å². The minimum absolute atomic E-state index is 0.114. The van der Waals surface area contributed by atoms with E-state index in [0.29, 0.717) is 0 Å². The van der Waals surface area contributed by atoms with Crippen molar-refractivity contribution in [3.8, 4) is 6.07 Å². The second-order valence-electron chi connectivity index (χ2n) is 7.30. The number of benzene rings is 1. The first-order chi connectivity index (χ1) is 12.8. The van der Waals surface area contributed by atoms with E-state index in [4.69, 9.17) is 10.00 Å². The van der Waals surface area contributed by atoms with Crippen LogP contribution in [0.4, 0.5) is 5.95 Å². The fourth-order valence-electron chi connectivity index (χ4n) is 4.02. The van der Waals surface area contributed by atoms with E-state index >= 15 is 0 Å². The molecule has 1 atom stereocenters. The van der Waals surface area contributed by atoms with E-state index < -0.39 is 0 Å². The summed E-state index contributed by atoms with van der Waals surface area (Å²) >= 11 is 0. The van der Waals surface area contributed by atoms with Gasteiger partial charge < -0.3 is 9.64 Å². The van der Waals surface area contributed by atoms with E-state index in [1.807, 2.05) is 24.3 Å². The van der Waals surface area contributed by atoms with Crippen molar-refractivity contribution < 1.29 is 4.74 Å². The zero-order chi connectivity index (χ0) is 17.8. The molecule has 2 aliphatic heterocycles. The highest BCUT2D eigenvalue weighted by Crippen LogP contribution is 2.35. The third-order valence-corrected chi connectivity index (χ3v) is 5.25. The molecule has 2 aliphatic rings. The summed E-state index contributed by atoms with van der Waals surface area (Å²) in [5, 5.41) is 9.12. The van der Waals surface area contributed by atoms with E-state index in [2.05, 4.69) is 31.9 Å². The van der Waals surface area contributed by atoms with Gasteiger partial charge in [-0.25, -0.2) is 9.97 Å². The van der Waals surface area contributed by atoms with Gasteiger partial charge in [0.2, 0.25) is 5.95 Å². The van der Waals surface area contributed by atoms with Gasteiger partial charge in [0.1, 0.15) is 0 Å². The summed E-state index contributed by atoms with van der Waals surface area (Å²) in [6.07, 6.45) is 4.68. The smallest absolute Gasteiger partial charge is 0.225 e. The Kier molecular flexibility index (Phi) is 4.83. The predicted octanol–water partition coefficient (Wildman–Crippen LogP) is 2.08. The van der Waals surface area contributed by atoms with E-state index in [1.165, 1.54) is 5.56 Å². The molecule has 1 spiro atoms.